The third-order valence-electron chi connectivity index (χ3n) is 3.04. The Morgan fingerprint density at radius 2 is 2.10 bits per heavy atom. The van der Waals surface area contributed by atoms with Crippen molar-refractivity contribution in [1.29, 1.82) is 0 Å². The fourth-order valence-corrected chi connectivity index (χ4v) is 1.98. The van der Waals surface area contributed by atoms with E-state index in [0.717, 1.165) is 5.56 Å². The molecule has 7 nitrogen and oxygen atoms in total. The number of carbonyl (C=O) groups excluding carboxylic acids is 1. The summed E-state index contributed by atoms with van der Waals surface area (Å²) in [4.78, 5) is 22.4. The number of hydrogen-bond donors (Lipinski definition) is 1. The summed E-state index contributed by atoms with van der Waals surface area (Å²) >= 11 is 0. The predicted molar refractivity (Wildman–Crippen MR) is 77.8 cm³/mol. The lowest BCUT2D eigenvalue weighted by Gasteiger charge is -2.11. The number of hydrogen-bond acceptors (Lipinski definition) is 4. The van der Waals surface area contributed by atoms with E-state index < -0.39 is 10.8 Å². The first-order valence-electron chi connectivity index (χ1n) is 6.19. The topological polar surface area (TPSA) is 86.4 Å². The van der Waals surface area contributed by atoms with Crippen LogP contribution >= 0.6 is 0 Å². The summed E-state index contributed by atoms with van der Waals surface area (Å²) in [5.41, 5.74) is 1.56. The molecule has 0 fully saturated rings. The normalized spacial score (nSPS) is 10.2. The number of rotatable bonds is 4. The van der Waals surface area contributed by atoms with Gasteiger partial charge in [-0.05, 0) is 24.6 Å². The number of nitrogens with one attached hydrogen (secondary N) is 1. The highest BCUT2D eigenvalue weighted by atomic mass is 16.6. The maximum atomic E-state index is 12.2. The van der Waals surface area contributed by atoms with Gasteiger partial charge in [-0.15, -0.1) is 0 Å². The van der Waals surface area contributed by atoms with Crippen molar-refractivity contribution in [3.8, 4) is 5.75 Å². The highest BCUT2D eigenvalue weighted by Crippen LogP contribution is 2.26. The maximum Gasteiger partial charge on any atom is 0.287 e. The first-order chi connectivity index (χ1) is 9.92. The van der Waals surface area contributed by atoms with Crippen molar-refractivity contribution in [2.24, 2.45) is 7.05 Å². The second-order valence-corrected chi connectivity index (χ2v) is 4.61. The van der Waals surface area contributed by atoms with Gasteiger partial charge < -0.3 is 14.6 Å². The summed E-state index contributed by atoms with van der Waals surface area (Å²) in [5.74, 6) is 0.0900. The number of anilines is 1. The molecule has 0 saturated heterocycles. The van der Waals surface area contributed by atoms with Crippen LogP contribution in [-0.2, 0) is 7.05 Å². The van der Waals surface area contributed by atoms with Gasteiger partial charge in [0.15, 0.2) is 0 Å². The molecule has 0 aliphatic carbocycles. The molecular weight excluding hydrogens is 274 g/mol. The van der Waals surface area contributed by atoms with Gasteiger partial charge in [0.1, 0.15) is 11.4 Å². The quantitative estimate of drug-likeness (QED) is 0.692. The number of aromatic nitrogens is 1. The van der Waals surface area contributed by atoms with Crippen molar-refractivity contribution < 1.29 is 14.5 Å². The second kappa shape index (κ2) is 5.66. The average Bonchev–Trinajstić information content (AvgIpc) is 2.81. The molecular formula is C14H15N3O4. The predicted octanol–water partition coefficient (Wildman–Crippen LogP) is 2.50. The summed E-state index contributed by atoms with van der Waals surface area (Å²) in [5, 5.41) is 13.4. The van der Waals surface area contributed by atoms with Crippen LogP contribution in [0.4, 0.5) is 11.4 Å². The molecule has 7 heteroatoms. The van der Waals surface area contributed by atoms with Gasteiger partial charge in [0, 0.05) is 13.1 Å². The number of nitrogens with zero attached hydrogens (tertiary/aromatic N) is 2. The van der Waals surface area contributed by atoms with Gasteiger partial charge in [-0.25, -0.2) is 0 Å². The summed E-state index contributed by atoms with van der Waals surface area (Å²) < 4.78 is 6.59. The van der Waals surface area contributed by atoms with Gasteiger partial charge in [0.25, 0.3) is 11.6 Å². The van der Waals surface area contributed by atoms with E-state index in [-0.39, 0.29) is 11.4 Å². The molecule has 1 aromatic heterocycles. The van der Waals surface area contributed by atoms with Crippen LogP contribution in [0.5, 0.6) is 5.75 Å². The van der Waals surface area contributed by atoms with Crippen molar-refractivity contribution >= 4 is 17.3 Å². The van der Waals surface area contributed by atoms with Gasteiger partial charge in [-0.3, -0.25) is 14.9 Å². The molecule has 0 bridgehead atoms. The molecule has 1 heterocycles. The molecule has 1 N–H and O–H groups in total. The number of ether oxygens (including phenoxy) is 1. The molecule has 1 amide bonds. The van der Waals surface area contributed by atoms with Crippen molar-refractivity contribution in [2.45, 2.75) is 6.92 Å². The molecule has 21 heavy (non-hydrogen) atoms. The molecule has 0 spiro atoms. The van der Waals surface area contributed by atoms with E-state index in [0.29, 0.717) is 11.4 Å². The van der Waals surface area contributed by atoms with E-state index in [4.69, 9.17) is 4.74 Å². The van der Waals surface area contributed by atoms with E-state index in [1.807, 2.05) is 13.0 Å². The summed E-state index contributed by atoms with van der Waals surface area (Å²) in [6, 6.07) is 6.62. The number of nitro groups is 1. The summed E-state index contributed by atoms with van der Waals surface area (Å²) in [7, 11) is 3.09. The van der Waals surface area contributed by atoms with Crippen molar-refractivity contribution in [3.05, 3.63) is 51.8 Å². The molecule has 0 atom stereocenters. The number of aryl methyl sites for hydroxylation is 2. The fraction of sp³-hybridized carbons (Fsp3) is 0.214. The third-order valence-corrected chi connectivity index (χ3v) is 3.04. The molecule has 0 aliphatic rings. The Morgan fingerprint density at radius 1 is 1.38 bits per heavy atom. The molecule has 0 saturated carbocycles. The monoisotopic (exact) mass is 289 g/mol. The molecule has 1 aromatic carbocycles. The van der Waals surface area contributed by atoms with E-state index in [2.05, 4.69) is 5.32 Å². The van der Waals surface area contributed by atoms with E-state index in [1.165, 1.54) is 23.9 Å². The Labute approximate surface area is 121 Å². The second-order valence-electron chi connectivity index (χ2n) is 4.61. The van der Waals surface area contributed by atoms with Crippen molar-refractivity contribution in [3.63, 3.8) is 0 Å². The smallest absolute Gasteiger partial charge is 0.287 e. The van der Waals surface area contributed by atoms with Gasteiger partial charge in [0.2, 0.25) is 0 Å². The minimum Gasteiger partial charge on any atom is -0.495 e. The maximum absolute atomic E-state index is 12.2. The standard InChI is InChI=1S/C14H15N3O4/c1-9-4-5-13(21-3)11(6-9)15-14(18)12-7-10(17(19)20)8-16(12)2/h4-8H,1-3H3,(H,15,18). The average molecular weight is 289 g/mol. The molecule has 110 valence electrons. The largest absolute Gasteiger partial charge is 0.495 e. The van der Waals surface area contributed by atoms with Crippen molar-refractivity contribution in [2.75, 3.05) is 12.4 Å². The Morgan fingerprint density at radius 3 is 2.67 bits per heavy atom. The SMILES string of the molecule is COc1ccc(C)cc1NC(=O)c1cc([N+](=O)[O-])cn1C. The zero-order chi connectivity index (χ0) is 15.6. The van der Waals surface area contributed by atoms with Crippen LogP contribution in [0.15, 0.2) is 30.5 Å². The van der Waals surface area contributed by atoms with Gasteiger partial charge in [-0.1, -0.05) is 6.07 Å². The van der Waals surface area contributed by atoms with Gasteiger partial charge in [-0.2, -0.15) is 0 Å². The lowest BCUT2D eigenvalue weighted by atomic mass is 10.2. The molecule has 0 unspecified atom stereocenters. The first-order valence-corrected chi connectivity index (χ1v) is 6.19. The number of carbonyl (C=O) groups is 1. The molecule has 0 radical (unpaired) electrons. The van der Waals surface area contributed by atoms with E-state index in [9.17, 15) is 14.9 Å². The number of amides is 1. The highest BCUT2D eigenvalue weighted by molar-refractivity contribution is 6.04. The van der Waals surface area contributed by atoms with Gasteiger partial charge in [0.05, 0.1) is 23.9 Å². The zero-order valence-electron chi connectivity index (χ0n) is 11.9. The Hall–Kier alpha value is -2.83. The van der Waals surface area contributed by atoms with Crippen LogP contribution in [0.25, 0.3) is 0 Å². The van der Waals surface area contributed by atoms with Crippen LogP contribution in [0.3, 0.4) is 0 Å². The van der Waals surface area contributed by atoms with Crippen LogP contribution < -0.4 is 10.1 Å². The summed E-state index contributed by atoms with van der Waals surface area (Å²) in [6.07, 6.45) is 1.29. The molecule has 2 aromatic rings. The van der Waals surface area contributed by atoms with E-state index >= 15 is 0 Å². The number of benzene rings is 1. The zero-order valence-corrected chi connectivity index (χ0v) is 11.9. The lowest BCUT2D eigenvalue weighted by Crippen LogP contribution is -2.15. The van der Waals surface area contributed by atoms with Crippen LogP contribution in [-0.4, -0.2) is 22.5 Å². The Kier molecular flexibility index (Phi) is 3.93. The minimum absolute atomic E-state index is 0.126. The summed E-state index contributed by atoms with van der Waals surface area (Å²) in [6.45, 7) is 1.89. The third kappa shape index (κ3) is 3.02. The Balaban J connectivity index is 2.30. The van der Waals surface area contributed by atoms with Crippen LogP contribution in [0.2, 0.25) is 0 Å². The van der Waals surface area contributed by atoms with Crippen molar-refractivity contribution in [1.82, 2.24) is 4.57 Å². The minimum atomic E-state index is -0.538. The highest BCUT2D eigenvalue weighted by Gasteiger charge is 2.18. The van der Waals surface area contributed by atoms with Crippen LogP contribution in [0, 0.1) is 17.0 Å². The van der Waals surface area contributed by atoms with Gasteiger partial charge >= 0.3 is 0 Å². The lowest BCUT2D eigenvalue weighted by molar-refractivity contribution is -0.384. The number of methoxy groups -OCH3 is 1. The van der Waals surface area contributed by atoms with Crippen LogP contribution in [0.1, 0.15) is 16.1 Å². The van der Waals surface area contributed by atoms with E-state index in [1.54, 1.807) is 19.2 Å². The molecule has 0 aliphatic heterocycles. The fourth-order valence-electron chi connectivity index (χ4n) is 1.98. The first kappa shape index (κ1) is 14.6. The Bertz CT molecular complexity index is 706. The molecule has 2 rings (SSSR count).